The van der Waals surface area contributed by atoms with Crippen LogP contribution < -0.4 is 16.4 Å². The number of hydrogen-bond donors (Lipinski definition) is 3. The molecule has 0 fully saturated rings. The van der Waals surface area contributed by atoms with E-state index >= 15 is 0 Å². The number of benzene rings is 2. The minimum absolute atomic E-state index is 0.320. The molecule has 2 aromatic carbocycles. The second-order valence-electron chi connectivity index (χ2n) is 4.00. The van der Waals surface area contributed by atoms with Gasteiger partial charge in [-0.05, 0) is 30.3 Å². The summed E-state index contributed by atoms with van der Waals surface area (Å²) < 4.78 is 0. The lowest BCUT2D eigenvalue weighted by molar-refractivity contribution is 0.100. The molecule has 2 aromatic rings. The second-order valence-corrected chi connectivity index (χ2v) is 4.41. The van der Waals surface area contributed by atoms with Crippen LogP contribution in [-0.2, 0) is 0 Å². The highest BCUT2D eigenvalue weighted by atomic mass is 35.5. The lowest BCUT2D eigenvalue weighted by Crippen LogP contribution is -2.20. The van der Waals surface area contributed by atoms with Gasteiger partial charge in [0, 0.05) is 11.3 Å². The van der Waals surface area contributed by atoms with Crippen molar-refractivity contribution in [1.82, 2.24) is 0 Å². The Bertz CT molecular complexity index is 658. The van der Waals surface area contributed by atoms with Gasteiger partial charge in [0.05, 0.1) is 10.7 Å². The van der Waals surface area contributed by atoms with Gasteiger partial charge in [-0.15, -0.1) is 0 Å². The fourth-order valence-electron chi connectivity index (χ4n) is 1.60. The lowest BCUT2D eigenvalue weighted by atomic mass is 10.2. The third-order valence-corrected chi connectivity index (χ3v) is 2.86. The van der Waals surface area contributed by atoms with E-state index in [1.165, 1.54) is 6.07 Å². The molecule has 6 heteroatoms. The highest BCUT2D eigenvalue weighted by Gasteiger charge is 2.07. The molecule has 2 rings (SSSR count). The summed E-state index contributed by atoms with van der Waals surface area (Å²) in [4.78, 5) is 22.9. The van der Waals surface area contributed by atoms with Gasteiger partial charge < -0.3 is 16.4 Å². The van der Waals surface area contributed by atoms with Gasteiger partial charge >= 0.3 is 6.03 Å². The van der Waals surface area contributed by atoms with E-state index in [-0.39, 0.29) is 0 Å². The van der Waals surface area contributed by atoms with Crippen LogP contribution in [0.3, 0.4) is 0 Å². The second kappa shape index (κ2) is 6.08. The molecule has 0 aliphatic carbocycles. The van der Waals surface area contributed by atoms with E-state index in [0.29, 0.717) is 22.0 Å². The van der Waals surface area contributed by atoms with Crippen molar-refractivity contribution in [2.75, 3.05) is 10.6 Å². The number of anilines is 2. The van der Waals surface area contributed by atoms with Gasteiger partial charge in [-0.2, -0.15) is 0 Å². The van der Waals surface area contributed by atoms with E-state index in [1.807, 2.05) is 0 Å². The highest BCUT2D eigenvalue weighted by Crippen LogP contribution is 2.20. The normalized spacial score (nSPS) is 9.85. The molecular weight excluding hydrogens is 278 g/mol. The zero-order chi connectivity index (χ0) is 14.5. The molecular formula is C14H12ClN3O2. The van der Waals surface area contributed by atoms with Crippen molar-refractivity contribution in [3.05, 3.63) is 59.1 Å². The molecule has 0 aliphatic rings. The first-order valence-electron chi connectivity index (χ1n) is 5.78. The Morgan fingerprint density at radius 2 is 1.75 bits per heavy atom. The molecule has 4 N–H and O–H groups in total. The summed E-state index contributed by atoms with van der Waals surface area (Å²) in [7, 11) is 0. The minimum atomic E-state index is -0.555. The zero-order valence-electron chi connectivity index (χ0n) is 10.4. The summed E-state index contributed by atoms with van der Waals surface area (Å²) in [5.74, 6) is -0.555. The van der Waals surface area contributed by atoms with Crippen molar-refractivity contribution in [3.63, 3.8) is 0 Å². The van der Waals surface area contributed by atoms with Gasteiger partial charge in [0.25, 0.3) is 0 Å². The molecule has 0 aliphatic heterocycles. The summed E-state index contributed by atoms with van der Waals surface area (Å²) in [6.07, 6.45) is 0. The van der Waals surface area contributed by atoms with Crippen LogP contribution >= 0.6 is 11.6 Å². The number of rotatable bonds is 3. The highest BCUT2D eigenvalue weighted by molar-refractivity contribution is 6.33. The van der Waals surface area contributed by atoms with E-state index in [4.69, 9.17) is 17.3 Å². The summed E-state index contributed by atoms with van der Waals surface area (Å²) >= 11 is 5.93. The molecule has 0 aromatic heterocycles. The monoisotopic (exact) mass is 289 g/mol. The van der Waals surface area contributed by atoms with Crippen molar-refractivity contribution in [3.8, 4) is 0 Å². The summed E-state index contributed by atoms with van der Waals surface area (Å²) in [6.45, 7) is 0. The molecule has 0 atom stereocenters. The van der Waals surface area contributed by atoms with Crippen molar-refractivity contribution < 1.29 is 9.59 Å². The molecule has 0 saturated heterocycles. The van der Waals surface area contributed by atoms with Crippen molar-refractivity contribution in [1.29, 1.82) is 0 Å². The molecule has 20 heavy (non-hydrogen) atoms. The van der Waals surface area contributed by atoms with Crippen LogP contribution in [0.15, 0.2) is 48.5 Å². The third-order valence-electron chi connectivity index (χ3n) is 2.53. The summed E-state index contributed by atoms with van der Waals surface area (Å²) in [6, 6.07) is 12.8. The number of nitrogens with two attached hydrogens (primary N) is 1. The first kappa shape index (κ1) is 13.9. The Morgan fingerprint density at radius 1 is 1.00 bits per heavy atom. The molecule has 0 saturated carbocycles. The molecule has 0 bridgehead atoms. The minimum Gasteiger partial charge on any atom is -0.366 e. The van der Waals surface area contributed by atoms with Crippen LogP contribution in [0.1, 0.15) is 10.4 Å². The van der Waals surface area contributed by atoms with Gasteiger partial charge in [0.1, 0.15) is 0 Å². The summed E-state index contributed by atoms with van der Waals surface area (Å²) in [5.41, 5.74) is 6.45. The van der Waals surface area contributed by atoms with Crippen LogP contribution in [0.25, 0.3) is 0 Å². The number of hydrogen-bond acceptors (Lipinski definition) is 2. The smallest absolute Gasteiger partial charge is 0.323 e. The predicted octanol–water partition coefficient (Wildman–Crippen LogP) is 3.08. The largest absolute Gasteiger partial charge is 0.366 e. The van der Waals surface area contributed by atoms with Crippen molar-refractivity contribution >= 4 is 34.9 Å². The van der Waals surface area contributed by atoms with Crippen molar-refractivity contribution in [2.45, 2.75) is 0 Å². The first-order valence-corrected chi connectivity index (χ1v) is 6.16. The molecule has 3 amide bonds. The average molecular weight is 290 g/mol. The van der Waals surface area contributed by atoms with E-state index in [9.17, 15) is 9.59 Å². The molecule has 0 unspecified atom stereocenters. The maximum absolute atomic E-state index is 11.8. The topological polar surface area (TPSA) is 84.2 Å². The zero-order valence-corrected chi connectivity index (χ0v) is 11.1. The van der Waals surface area contributed by atoms with Gasteiger partial charge in [-0.25, -0.2) is 4.79 Å². The standard InChI is InChI=1S/C14H12ClN3O2/c15-11-6-1-2-7-12(11)18-14(20)17-10-5-3-4-9(8-10)13(16)19/h1-8H,(H2,16,19)(H2,17,18,20). The summed E-state index contributed by atoms with van der Waals surface area (Å²) in [5, 5.41) is 5.64. The number of carbonyl (C=O) groups excluding carboxylic acids is 2. The molecule has 0 radical (unpaired) electrons. The number of urea groups is 1. The van der Waals surface area contributed by atoms with E-state index in [0.717, 1.165) is 0 Å². The van der Waals surface area contributed by atoms with Crippen LogP contribution in [0.5, 0.6) is 0 Å². The van der Waals surface area contributed by atoms with Gasteiger partial charge in [-0.1, -0.05) is 29.8 Å². The van der Waals surface area contributed by atoms with Gasteiger partial charge in [0.15, 0.2) is 0 Å². The van der Waals surface area contributed by atoms with Gasteiger partial charge in [-0.3, -0.25) is 4.79 Å². The lowest BCUT2D eigenvalue weighted by Gasteiger charge is -2.09. The Kier molecular flexibility index (Phi) is 4.22. The predicted molar refractivity (Wildman–Crippen MR) is 79.1 cm³/mol. The fraction of sp³-hybridized carbons (Fsp3) is 0. The van der Waals surface area contributed by atoms with Crippen LogP contribution in [-0.4, -0.2) is 11.9 Å². The van der Waals surface area contributed by atoms with Crippen LogP contribution in [0, 0.1) is 0 Å². The van der Waals surface area contributed by atoms with Gasteiger partial charge in [0.2, 0.25) is 5.91 Å². The van der Waals surface area contributed by atoms with Crippen molar-refractivity contribution in [2.24, 2.45) is 5.73 Å². The maximum atomic E-state index is 11.8. The Hall–Kier alpha value is -2.53. The van der Waals surface area contributed by atoms with E-state index in [1.54, 1.807) is 42.5 Å². The maximum Gasteiger partial charge on any atom is 0.323 e. The fourth-order valence-corrected chi connectivity index (χ4v) is 1.78. The van der Waals surface area contributed by atoms with E-state index in [2.05, 4.69) is 10.6 Å². The van der Waals surface area contributed by atoms with E-state index < -0.39 is 11.9 Å². The van der Waals surface area contributed by atoms with Crippen LogP contribution in [0.2, 0.25) is 5.02 Å². The SMILES string of the molecule is NC(=O)c1cccc(NC(=O)Nc2ccccc2Cl)c1. The quantitative estimate of drug-likeness (QED) is 0.811. The number of primary amides is 1. The third kappa shape index (κ3) is 3.49. The number of halogens is 1. The molecule has 5 nitrogen and oxygen atoms in total. The van der Waals surface area contributed by atoms with Crippen LogP contribution in [0.4, 0.5) is 16.2 Å². The Morgan fingerprint density at radius 3 is 2.45 bits per heavy atom. The number of amides is 3. The number of carbonyl (C=O) groups is 2. The Labute approximate surface area is 120 Å². The molecule has 0 spiro atoms. The molecule has 0 heterocycles. The average Bonchev–Trinajstić information content (AvgIpc) is 2.41. The number of para-hydroxylation sites is 1. The first-order chi connectivity index (χ1) is 9.56. The number of nitrogens with one attached hydrogen (secondary N) is 2. The molecule has 102 valence electrons. The Balaban J connectivity index is 2.07.